The van der Waals surface area contributed by atoms with E-state index in [0.717, 1.165) is 63.2 Å². The lowest BCUT2D eigenvalue weighted by Gasteiger charge is -2.23. The molecular weight excluding hydrogens is 266 g/mol. The maximum atomic E-state index is 12.5. The Kier molecular flexibility index (Phi) is 4.63. The Labute approximate surface area is 126 Å². The van der Waals surface area contributed by atoms with Crippen molar-refractivity contribution in [3.63, 3.8) is 0 Å². The Morgan fingerprint density at radius 3 is 2.95 bits per heavy atom. The predicted molar refractivity (Wildman–Crippen MR) is 80.0 cm³/mol. The summed E-state index contributed by atoms with van der Waals surface area (Å²) < 4.78 is 11.5. The van der Waals surface area contributed by atoms with Crippen molar-refractivity contribution in [3.8, 4) is 0 Å². The first-order valence-electron chi connectivity index (χ1n) is 8.27. The third-order valence-electron chi connectivity index (χ3n) is 4.64. The van der Waals surface area contributed by atoms with Gasteiger partial charge in [0.1, 0.15) is 11.5 Å². The molecule has 0 unspecified atom stereocenters. The lowest BCUT2D eigenvalue weighted by molar-refractivity contribution is -0.133. The summed E-state index contributed by atoms with van der Waals surface area (Å²) in [5.41, 5.74) is 0. The molecule has 2 aliphatic rings. The quantitative estimate of drug-likeness (QED) is 0.834. The van der Waals surface area contributed by atoms with Gasteiger partial charge in [-0.1, -0.05) is 6.92 Å². The summed E-state index contributed by atoms with van der Waals surface area (Å²) in [5, 5.41) is 0. The van der Waals surface area contributed by atoms with E-state index >= 15 is 0 Å². The predicted octanol–water partition coefficient (Wildman–Crippen LogP) is 3.46. The van der Waals surface area contributed by atoms with Crippen LogP contribution in [0.15, 0.2) is 16.5 Å². The van der Waals surface area contributed by atoms with Crippen LogP contribution in [0.1, 0.15) is 63.0 Å². The lowest BCUT2D eigenvalue weighted by atomic mass is 10.1. The van der Waals surface area contributed by atoms with Crippen molar-refractivity contribution in [3.05, 3.63) is 23.7 Å². The topological polar surface area (TPSA) is 42.7 Å². The number of carbonyl (C=O) groups excluding carboxylic acids is 1. The van der Waals surface area contributed by atoms with Gasteiger partial charge in [0, 0.05) is 26.0 Å². The summed E-state index contributed by atoms with van der Waals surface area (Å²) in [4.78, 5) is 14.5. The molecule has 3 heterocycles. The standard InChI is InChI=1S/C17H25NO3/c1-2-13-7-9-16(21-13)15-6-3-11-18(15)17(19)10-8-14-5-4-12-20-14/h7,9,14-15H,2-6,8,10-12H2,1H3/t14-,15+/m0/s1. The molecule has 21 heavy (non-hydrogen) atoms. The number of hydrogen-bond acceptors (Lipinski definition) is 3. The van der Waals surface area contributed by atoms with Gasteiger partial charge in [0.2, 0.25) is 5.91 Å². The summed E-state index contributed by atoms with van der Waals surface area (Å²) in [5.74, 6) is 2.21. The molecule has 0 N–H and O–H groups in total. The normalized spacial score (nSPS) is 25.7. The first-order chi connectivity index (χ1) is 10.3. The van der Waals surface area contributed by atoms with Gasteiger partial charge in [-0.15, -0.1) is 0 Å². The van der Waals surface area contributed by atoms with E-state index in [2.05, 4.69) is 6.92 Å². The molecule has 2 aliphatic heterocycles. The van der Waals surface area contributed by atoms with Crippen LogP contribution in [0.25, 0.3) is 0 Å². The fraction of sp³-hybridized carbons (Fsp3) is 0.706. The molecular formula is C17H25NO3. The molecule has 1 aromatic rings. The van der Waals surface area contributed by atoms with Crippen molar-refractivity contribution >= 4 is 5.91 Å². The molecule has 4 nitrogen and oxygen atoms in total. The summed E-state index contributed by atoms with van der Waals surface area (Å²) in [6.07, 6.45) is 6.99. The Hall–Kier alpha value is -1.29. The zero-order chi connectivity index (χ0) is 14.7. The van der Waals surface area contributed by atoms with E-state index < -0.39 is 0 Å². The highest BCUT2D eigenvalue weighted by Crippen LogP contribution is 2.34. The lowest BCUT2D eigenvalue weighted by Crippen LogP contribution is -2.30. The summed E-state index contributed by atoms with van der Waals surface area (Å²) in [7, 11) is 0. The van der Waals surface area contributed by atoms with E-state index in [9.17, 15) is 4.79 Å². The van der Waals surface area contributed by atoms with Crippen LogP contribution < -0.4 is 0 Å². The molecule has 0 saturated carbocycles. The maximum absolute atomic E-state index is 12.5. The van der Waals surface area contributed by atoms with Gasteiger partial charge in [0.05, 0.1) is 12.1 Å². The first-order valence-corrected chi connectivity index (χ1v) is 8.27. The number of aryl methyl sites for hydroxylation is 1. The van der Waals surface area contributed by atoms with Crippen molar-refractivity contribution in [2.75, 3.05) is 13.2 Å². The smallest absolute Gasteiger partial charge is 0.223 e. The number of rotatable bonds is 5. The van der Waals surface area contributed by atoms with E-state index in [-0.39, 0.29) is 11.9 Å². The molecule has 0 spiro atoms. The summed E-state index contributed by atoms with van der Waals surface area (Å²) in [6.45, 7) is 3.80. The molecule has 0 aromatic carbocycles. The van der Waals surface area contributed by atoms with Gasteiger partial charge in [-0.25, -0.2) is 0 Å². The third kappa shape index (κ3) is 3.31. The fourth-order valence-electron chi connectivity index (χ4n) is 3.42. The monoisotopic (exact) mass is 291 g/mol. The second kappa shape index (κ2) is 6.65. The van der Waals surface area contributed by atoms with Crippen LogP contribution in [-0.2, 0) is 16.0 Å². The molecule has 0 aliphatic carbocycles. The molecule has 116 valence electrons. The zero-order valence-electron chi connectivity index (χ0n) is 12.8. The Morgan fingerprint density at radius 1 is 1.33 bits per heavy atom. The van der Waals surface area contributed by atoms with Gasteiger partial charge in [0.15, 0.2) is 0 Å². The van der Waals surface area contributed by atoms with E-state index in [4.69, 9.17) is 9.15 Å². The van der Waals surface area contributed by atoms with Crippen LogP contribution in [0.2, 0.25) is 0 Å². The molecule has 0 radical (unpaired) electrons. The number of amides is 1. The second-order valence-corrected chi connectivity index (χ2v) is 6.08. The number of hydrogen-bond donors (Lipinski definition) is 0. The molecule has 2 atom stereocenters. The Balaban J connectivity index is 1.58. The minimum Gasteiger partial charge on any atom is -0.464 e. The zero-order valence-corrected chi connectivity index (χ0v) is 12.8. The summed E-state index contributed by atoms with van der Waals surface area (Å²) in [6, 6.07) is 4.21. The molecule has 1 amide bonds. The number of likely N-dealkylation sites (tertiary alicyclic amines) is 1. The summed E-state index contributed by atoms with van der Waals surface area (Å²) >= 11 is 0. The average molecular weight is 291 g/mol. The molecule has 3 rings (SSSR count). The van der Waals surface area contributed by atoms with Crippen molar-refractivity contribution in [1.29, 1.82) is 0 Å². The fourth-order valence-corrected chi connectivity index (χ4v) is 3.42. The number of carbonyl (C=O) groups is 1. The Bertz CT molecular complexity index is 476. The van der Waals surface area contributed by atoms with E-state index in [1.54, 1.807) is 0 Å². The van der Waals surface area contributed by atoms with Crippen molar-refractivity contribution in [2.24, 2.45) is 0 Å². The third-order valence-corrected chi connectivity index (χ3v) is 4.64. The van der Waals surface area contributed by atoms with Crippen LogP contribution >= 0.6 is 0 Å². The van der Waals surface area contributed by atoms with E-state index in [1.165, 1.54) is 0 Å². The van der Waals surface area contributed by atoms with Gasteiger partial charge in [-0.2, -0.15) is 0 Å². The van der Waals surface area contributed by atoms with Crippen molar-refractivity contribution < 1.29 is 13.9 Å². The van der Waals surface area contributed by atoms with Crippen LogP contribution in [0.5, 0.6) is 0 Å². The average Bonchev–Trinajstić information content (AvgIpc) is 3.23. The minimum absolute atomic E-state index is 0.141. The van der Waals surface area contributed by atoms with Crippen LogP contribution in [0, 0.1) is 0 Å². The number of nitrogens with zero attached hydrogens (tertiary/aromatic N) is 1. The van der Waals surface area contributed by atoms with Gasteiger partial charge >= 0.3 is 0 Å². The highest BCUT2D eigenvalue weighted by atomic mass is 16.5. The molecule has 4 heteroatoms. The van der Waals surface area contributed by atoms with Gasteiger partial charge in [-0.05, 0) is 44.2 Å². The van der Waals surface area contributed by atoms with Crippen LogP contribution in [-0.4, -0.2) is 30.1 Å². The second-order valence-electron chi connectivity index (χ2n) is 6.08. The van der Waals surface area contributed by atoms with Gasteiger partial charge < -0.3 is 14.1 Å². The Morgan fingerprint density at radius 2 is 2.24 bits per heavy atom. The van der Waals surface area contributed by atoms with Gasteiger partial charge in [-0.3, -0.25) is 4.79 Å². The number of ether oxygens (including phenoxy) is 1. The first kappa shape index (κ1) is 14.6. The molecule has 2 saturated heterocycles. The van der Waals surface area contributed by atoms with Crippen LogP contribution in [0.4, 0.5) is 0 Å². The van der Waals surface area contributed by atoms with Crippen LogP contribution in [0.3, 0.4) is 0 Å². The minimum atomic E-state index is 0.141. The van der Waals surface area contributed by atoms with Crippen molar-refractivity contribution in [2.45, 2.75) is 64.0 Å². The highest BCUT2D eigenvalue weighted by molar-refractivity contribution is 5.77. The number of furan rings is 1. The molecule has 0 bridgehead atoms. The largest absolute Gasteiger partial charge is 0.464 e. The van der Waals surface area contributed by atoms with Crippen molar-refractivity contribution in [1.82, 2.24) is 4.90 Å². The van der Waals surface area contributed by atoms with E-state index in [0.29, 0.717) is 12.5 Å². The SMILES string of the molecule is CCc1ccc([C@H]2CCCN2C(=O)CC[C@@H]2CCCO2)o1. The van der Waals surface area contributed by atoms with E-state index in [1.807, 2.05) is 17.0 Å². The molecule has 1 aromatic heterocycles. The maximum Gasteiger partial charge on any atom is 0.223 e. The highest BCUT2D eigenvalue weighted by Gasteiger charge is 2.32. The molecule has 2 fully saturated rings. The van der Waals surface area contributed by atoms with Gasteiger partial charge in [0.25, 0.3) is 0 Å².